The van der Waals surface area contributed by atoms with E-state index in [1.165, 1.54) is 57.3 Å². The fraction of sp³-hybridized carbons (Fsp3) is 0.848. The lowest BCUT2D eigenvalue weighted by atomic mass is 9.95. The predicted molar refractivity (Wildman–Crippen MR) is 169 cm³/mol. The van der Waals surface area contributed by atoms with Gasteiger partial charge in [0.25, 0.3) is 0 Å². The minimum absolute atomic E-state index is 0.0194. The van der Waals surface area contributed by atoms with Crippen molar-refractivity contribution in [2.24, 2.45) is 0 Å². The topological polar surface area (TPSA) is 211 Å². The number of carbonyl (C=O) groups is 1. The van der Waals surface area contributed by atoms with E-state index in [0.29, 0.717) is 12.5 Å². The second kappa shape index (κ2) is 24.0. The monoisotopic (exact) mass is 631 g/mol. The SMILES string of the molecule is CC(=O)CC(O)CC(O)CC(O)C=CCC(O)CC(O)CC(O)CC(O)C=CCC(O)CC(O)CCCNC1CCCCC1. The molecule has 258 valence electrons. The van der Waals surface area contributed by atoms with Gasteiger partial charge in [-0.3, -0.25) is 4.79 Å². The van der Waals surface area contributed by atoms with Crippen molar-refractivity contribution >= 4 is 5.78 Å². The molecule has 9 atom stereocenters. The summed E-state index contributed by atoms with van der Waals surface area (Å²) in [5.74, 6) is -0.190. The maximum Gasteiger partial charge on any atom is 0.132 e. The number of nitrogens with one attached hydrogen (secondary N) is 1. The molecular weight excluding hydrogens is 570 g/mol. The largest absolute Gasteiger partial charge is 0.393 e. The molecule has 0 aromatic carbocycles. The lowest BCUT2D eigenvalue weighted by molar-refractivity contribution is -0.119. The molecule has 0 spiro atoms. The van der Waals surface area contributed by atoms with Gasteiger partial charge in [-0.05, 0) is 77.7 Å². The number of carbonyl (C=O) groups excluding carboxylic acids is 1. The van der Waals surface area contributed by atoms with Crippen molar-refractivity contribution in [1.82, 2.24) is 5.32 Å². The van der Waals surface area contributed by atoms with E-state index in [4.69, 9.17) is 0 Å². The molecule has 1 aliphatic rings. The zero-order valence-electron chi connectivity index (χ0n) is 26.5. The number of hydrogen-bond acceptors (Lipinski definition) is 11. The summed E-state index contributed by atoms with van der Waals surface area (Å²) in [4.78, 5) is 11.0. The maximum atomic E-state index is 11.0. The number of hydrogen-bond donors (Lipinski definition) is 10. The Morgan fingerprint density at radius 1 is 0.636 bits per heavy atom. The molecule has 1 aliphatic carbocycles. The first-order chi connectivity index (χ1) is 20.8. The lowest BCUT2D eigenvalue weighted by Crippen LogP contribution is -2.32. The molecule has 0 heterocycles. The lowest BCUT2D eigenvalue weighted by Gasteiger charge is -2.23. The fourth-order valence-corrected chi connectivity index (χ4v) is 5.72. The van der Waals surface area contributed by atoms with Crippen LogP contribution in [0, 0.1) is 0 Å². The van der Waals surface area contributed by atoms with E-state index in [-0.39, 0.29) is 63.6 Å². The fourth-order valence-electron chi connectivity index (χ4n) is 5.72. The molecule has 0 aromatic rings. The van der Waals surface area contributed by atoms with Gasteiger partial charge < -0.3 is 51.3 Å². The van der Waals surface area contributed by atoms with Crippen molar-refractivity contribution in [2.75, 3.05) is 6.54 Å². The Balaban J connectivity index is 2.18. The second-order valence-electron chi connectivity index (χ2n) is 12.8. The van der Waals surface area contributed by atoms with Crippen LogP contribution in [0.4, 0.5) is 0 Å². The van der Waals surface area contributed by atoms with Crippen LogP contribution in [0.1, 0.15) is 110 Å². The molecule has 10 N–H and O–H groups in total. The zero-order chi connectivity index (χ0) is 32.9. The van der Waals surface area contributed by atoms with Crippen LogP contribution >= 0.6 is 0 Å². The van der Waals surface area contributed by atoms with Crippen LogP contribution in [0.3, 0.4) is 0 Å². The Morgan fingerprint density at radius 2 is 1.09 bits per heavy atom. The molecule has 0 saturated heterocycles. The number of aliphatic hydroxyl groups excluding tert-OH is 9. The van der Waals surface area contributed by atoms with E-state index >= 15 is 0 Å². The van der Waals surface area contributed by atoms with Gasteiger partial charge in [-0.1, -0.05) is 43.6 Å². The van der Waals surface area contributed by atoms with Crippen LogP contribution in [0.15, 0.2) is 24.3 Å². The van der Waals surface area contributed by atoms with E-state index in [0.717, 1.165) is 13.0 Å². The molecule has 1 rings (SSSR count). The molecule has 0 radical (unpaired) electrons. The van der Waals surface area contributed by atoms with E-state index in [1.54, 1.807) is 6.08 Å². The number of Topliss-reactive ketones (excluding diaryl/α,β-unsaturated/α-hetero) is 1. The molecule has 0 amide bonds. The summed E-state index contributed by atoms with van der Waals surface area (Å²) in [6, 6.07) is 0.590. The Morgan fingerprint density at radius 3 is 1.61 bits per heavy atom. The van der Waals surface area contributed by atoms with E-state index in [9.17, 15) is 50.8 Å². The van der Waals surface area contributed by atoms with Gasteiger partial charge >= 0.3 is 0 Å². The number of aliphatic hydroxyl groups is 9. The first-order valence-corrected chi connectivity index (χ1v) is 16.5. The quantitative estimate of drug-likeness (QED) is 0.0510. The molecule has 11 heteroatoms. The number of ketones is 1. The van der Waals surface area contributed by atoms with Crippen LogP contribution in [-0.2, 0) is 4.79 Å². The van der Waals surface area contributed by atoms with Gasteiger partial charge in [0.1, 0.15) is 5.78 Å². The van der Waals surface area contributed by atoms with Crippen LogP contribution in [0.2, 0.25) is 0 Å². The number of rotatable bonds is 25. The maximum absolute atomic E-state index is 11.0. The van der Waals surface area contributed by atoms with Crippen molar-refractivity contribution in [1.29, 1.82) is 0 Å². The summed E-state index contributed by atoms with van der Waals surface area (Å²) in [5, 5.41) is 94.4. The minimum Gasteiger partial charge on any atom is -0.393 e. The molecule has 0 aliphatic heterocycles. The highest BCUT2D eigenvalue weighted by Crippen LogP contribution is 2.18. The summed E-state index contributed by atoms with van der Waals surface area (Å²) in [5.41, 5.74) is 0. The van der Waals surface area contributed by atoms with E-state index in [2.05, 4.69) is 5.32 Å². The smallest absolute Gasteiger partial charge is 0.132 e. The van der Waals surface area contributed by atoms with Crippen LogP contribution in [0.5, 0.6) is 0 Å². The van der Waals surface area contributed by atoms with E-state index in [1.807, 2.05) is 0 Å². The second-order valence-corrected chi connectivity index (χ2v) is 12.8. The highest BCUT2D eigenvalue weighted by molar-refractivity contribution is 5.75. The van der Waals surface area contributed by atoms with Gasteiger partial charge in [-0.2, -0.15) is 0 Å². The molecule has 11 nitrogen and oxygen atoms in total. The van der Waals surface area contributed by atoms with Crippen LogP contribution in [-0.4, -0.2) is 119 Å². The average molecular weight is 632 g/mol. The van der Waals surface area contributed by atoms with Gasteiger partial charge in [-0.25, -0.2) is 0 Å². The molecular formula is C33H61NO10. The summed E-state index contributed by atoms with van der Waals surface area (Å²) in [6.45, 7) is 2.21. The molecule has 44 heavy (non-hydrogen) atoms. The van der Waals surface area contributed by atoms with Crippen LogP contribution in [0.25, 0.3) is 0 Å². The summed E-state index contributed by atoms with van der Waals surface area (Å²) >= 11 is 0. The van der Waals surface area contributed by atoms with Crippen molar-refractivity contribution < 1.29 is 50.8 Å². The highest BCUT2D eigenvalue weighted by Gasteiger charge is 2.19. The third-order valence-corrected chi connectivity index (χ3v) is 8.01. The van der Waals surface area contributed by atoms with Crippen molar-refractivity contribution in [3.05, 3.63) is 24.3 Å². The van der Waals surface area contributed by atoms with Gasteiger partial charge in [0.05, 0.1) is 54.9 Å². The Labute approximate surface area is 263 Å². The Hall–Kier alpha value is -1.25. The van der Waals surface area contributed by atoms with E-state index < -0.39 is 54.9 Å². The Bertz CT molecular complexity index is 791. The minimum atomic E-state index is -1.01. The molecule has 0 bridgehead atoms. The first-order valence-electron chi connectivity index (χ1n) is 16.5. The predicted octanol–water partition coefficient (Wildman–Crippen LogP) is 1.15. The van der Waals surface area contributed by atoms with Gasteiger partial charge in [0, 0.05) is 25.3 Å². The summed E-state index contributed by atoms with van der Waals surface area (Å²) in [6.07, 6.45) is 6.01. The summed E-state index contributed by atoms with van der Waals surface area (Å²) < 4.78 is 0. The normalized spacial score (nSPS) is 21.1. The third-order valence-electron chi connectivity index (χ3n) is 8.01. The zero-order valence-corrected chi connectivity index (χ0v) is 26.5. The highest BCUT2D eigenvalue weighted by atomic mass is 16.3. The summed E-state index contributed by atoms with van der Waals surface area (Å²) in [7, 11) is 0. The standard InChI is InChI=1S/C33H61NO10/c1-23(35)16-30(41)21-31(42)18-26(37)12-6-13-28(39)20-33(44)22-32(43)19-27(38)11-5-10-25(36)17-29(40)14-7-15-34-24-8-3-2-4-9-24/h5-6,11-12,24-34,36-44H,2-4,7-10,13-22H2,1H3. The van der Waals surface area contributed by atoms with Gasteiger partial charge in [0.15, 0.2) is 0 Å². The van der Waals surface area contributed by atoms with Gasteiger partial charge in [0.2, 0.25) is 0 Å². The van der Waals surface area contributed by atoms with Crippen LogP contribution < -0.4 is 5.32 Å². The van der Waals surface area contributed by atoms with Crippen molar-refractivity contribution in [2.45, 2.75) is 171 Å². The van der Waals surface area contributed by atoms with Crippen molar-refractivity contribution in [3.8, 4) is 0 Å². The molecule has 0 aromatic heterocycles. The van der Waals surface area contributed by atoms with Crippen molar-refractivity contribution in [3.63, 3.8) is 0 Å². The molecule has 1 saturated carbocycles. The first kappa shape index (κ1) is 40.8. The Kier molecular flexibility index (Phi) is 22.2. The molecule has 1 fully saturated rings. The van der Waals surface area contributed by atoms with Gasteiger partial charge in [-0.15, -0.1) is 0 Å². The third kappa shape index (κ3) is 22.3. The average Bonchev–Trinajstić information content (AvgIpc) is 2.90. The molecule has 9 unspecified atom stereocenters.